The number of nitrogens with one attached hydrogen (secondary N) is 2. The van der Waals surface area contributed by atoms with Crippen LogP contribution in [0.5, 0.6) is 0 Å². The molecule has 0 saturated heterocycles. The lowest BCUT2D eigenvalue weighted by atomic mass is 9.69. The molecule has 2 amide bonds. The maximum atomic E-state index is 12.4. The van der Waals surface area contributed by atoms with Gasteiger partial charge in [-0.2, -0.15) is 10.5 Å². The third-order valence-electron chi connectivity index (χ3n) is 10.0. The quantitative estimate of drug-likeness (QED) is 0.295. The van der Waals surface area contributed by atoms with Gasteiger partial charge in [0.05, 0.1) is 24.1 Å². The van der Waals surface area contributed by atoms with E-state index in [0.717, 1.165) is 41.6 Å². The summed E-state index contributed by atoms with van der Waals surface area (Å²) >= 11 is 0. The van der Waals surface area contributed by atoms with E-state index in [2.05, 4.69) is 64.3 Å². The molecule has 0 radical (unpaired) electrons. The molecule has 242 valence electrons. The normalized spacial score (nSPS) is 24.5. The number of hydrogen-bond acceptors (Lipinski definition) is 4. The van der Waals surface area contributed by atoms with Crippen LogP contribution in [0, 0.1) is 70.0 Å². The Morgan fingerprint density at radius 3 is 1.51 bits per heavy atom. The molecule has 4 rings (SSSR count). The van der Waals surface area contributed by atoms with Gasteiger partial charge in [0.15, 0.2) is 0 Å². The van der Waals surface area contributed by atoms with Crippen molar-refractivity contribution < 1.29 is 9.59 Å². The highest BCUT2D eigenvalue weighted by Crippen LogP contribution is 2.41. The second-order valence-corrected chi connectivity index (χ2v) is 14.4. The van der Waals surface area contributed by atoms with E-state index in [1.165, 1.54) is 25.7 Å². The lowest BCUT2D eigenvalue weighted by Gasteiger charge is -2.37. The third-order valence-corrected chi connectivity index (χ3v) is 10.0. The Labute approximate surface area is 272 Å². The molecule has 0 aliphatic heterocycles. The van der Waals surface area contributed by atoms with Crippen molar-refractivity contribution in [2.45, 2.75) is 99.3 Å². The summed E-state index contributed by atoms with van der Waals surface area (Å²) in [7, 11) is 0. The van der Waals surface area contributed by atoms with Crippen LogP contribution in [0.25, 0.3) is 0 Å². The predicted octanol–water partition coefficient (Wildman–Crippen LogP) is 9.38. The molecule has 0 heterocycles. The van der Waals surface area contributed by atoms with Crippen molar-refractivity contribution in [3.8, 4) is 12.1 Å². The minimum absolute atomic E-state index is 0.0921. The van der Waals surface area contributed by atoms with E-state index in [1.54, 1.807) is 24.3 Å². The summed E-state index contributed by atoms with van der Waals surface area (Å²) in [6, 6.07) is 18.8. The van der Waals surface area contributed by atoms with Crippen molar-refractivity contribution >= 4 is 23.2 Å². The lowest BCUT2D eigenvalue weighted by molar-refractivity contribution is -0.119. The van der Waals surface area contributed by atoms with Crippen LogP contribution in [-0.2, 0) is 16.0 Å². The molecule has 2 aliphatic rings. The highest BCUT2D eigenvalue weighted by atomic mass is 16.2. The van der Waals surface area contributed by atoms with Gasteiger partial charge in [0.2, 0.25) is 11.8 Å². The van der Waals surface area contributed by atoms with Gasteiger partial charge in [0.25, 0.3) is 0 Å². The molecule has 0 aromatic heterocycles. The van der Waals surface area contributed by atoms with Crippen molar-refractivity contribution in [3.63, 3.8) is 0 Å². The Bertz CT molecular complexity index is 1300. The summed E-state index contributed by atoms with van der Waals surface area (Å²) in [5.74, 6) is 5.25. The Hall–Kier alpha value is -3.64. The fraction of sp³-hybridized carbons (Fsp3) is 0.590. The van der Waals surface area contributed by atoms with Crippen LogP contribution in [0.3, 0.4) is 0 Å². The summed E-state index contributed by atoms with van der Waals surface area (Å²) in [6.45, 7) is 13.7. The molecule has 6 unspecified atom stereocenters. The zero-order valence-electron chi connectivity index (χ0n) is 28.3. The number of rotatable bonds is 9. The zero-order valence-corrected chi connectivity index (χ0v) is 28.3. The maximum absolute atomic E-state index is 12.4. The van der Waals surface area contributed by atoms with Crippen molar-refractivity contribution in [2.75, 3.05) is 10.6 Å². The molecule has 45 heavy (non-hydrogen) atoms. The minimum atomic E-state index is 0.0921. The molecule has 6 nitrogen and oxygen atoms in total. The minimum Gasteiger partial charge on any atom is -0.326 e. The highest BCUT2D eigenvalue weighted by molar-refractivity contribution is 5.91. The number of amides is 2. The van der Waals surface area contributed by atoms with Gasteiger partial charge >= 0.3 is 0 Å². The van der Waals surface area contributed by atoms with E-state index in [-0.39, 0.29) is 11.8 Å². The van der Waals surface area contributed by atoms with Crippen LogP contribution in [0.4, 0.5) is 11.4 Å². The molecule has 0 bridgehead atoms. The average Bonchev–Trinajstić information content (AvgIpc) is 2.99. The molecular formula is C39H54N4O2. The number of benzene rings is 2. The molecule has 2 saturated carbocycles. The van der Waals surface area contributed by atoms with Crippen molar-refractivity contribution in [1.82, 2.24) is 0 Å². The Balaban J connectivity index is 0.000000246. The van der Waals surface area contributed by atoms with E-state index in [9.17, 15) is 9.59 Å². The third kappa shape index (κ3) is 11.7. The summed E-state index contributed by atoms with van der Waals surface area (Å²) in [6.07, 6.45) is 9.02. The van der Waals surface area contributed by atoms with Gasteiger partial charge in [-0.25, -0.2) is 0 Å². The van der Waals surface area contributed by atoms with Gasteiger partial charge in [-0.3, -0.25) is 9.59 Å². The maximum Gasteiger partial charge on any atom is 0.224 e. The van der Waals surface area contributed by atoms with Crippen molar-refractivity contribution in [3.05, 3.63) is 59.7 Å². The monoisotopic (exact) mass is 610 g/mol. The lowest BCUT2D eigenvalue weighted by Crippen LogP contribution is -2.30. The van der Waals surface area contributed by atoms with Crippen LogP contribution in [-0.4, -0.2) is 11.8 Å². The fourth-order valence-electron chi connectivity index (χ4n) is 7.59. The van der Waals surface area contributed by atoms with Gasteiger partial charge in [0, 0.05) is 24.2 Å². The van der Waals surface area contributed by atoms with Crippen molar-refractivity contribution in [2.24, 2.45) is 47.3 Å². The fourth-order valence-corrected chi connectivity index (χ4v) is 7.59. The SMILES string of the molecule is CC1CCC(C(C)C)C(CC(=O)Nc2ccc(C#N)cc2)C1.CC1CCC(C(C)C)C(CC(=O)Nc2ccc(CC#N)cc2)C1. The summed E-state index contributed by atoms with van der Waals surface area (Å²) in [5.41, 5.74) is 3.18. The number of hydrogen-bond donors (Lipinski definition) is 2. The van der Waals surface area contributed by atoms with E-state index in [1.807, 2.05) is 24.3 Å². The largest absolute Gasteiger partial charge is 0.326 e. The number of anilines is 2. The molecule has 2 N–H and O–H groups in total. The summed E-state index contributed by atoms with van der Waals surface area (Å²) in [4.78, 5) is 24.7. The number of carbonyl (C=O) groups excluding carboxylic acids is 2. The van der Waals surface area contributed by atoms with Gasteiger partial charge in [-0.15, -0.1) is 0 Å². The molecule has 6 heteroatoms. The van der Waals surface area contributed by atoms with Crippen LogP contribution < -0.4 is 10.6 Å². The second kappa shape index (κ2) is 17.7. The van der Waals surface area contributed by atoms with E-state index in [4.69, 9.17) is 10.5 Å². The first-order chi connectivity index (χ1) is 21.5. The first-order valence-corrected chi connectivity index (χ1v) is 17.0. The molecule has 2 aliphatic carbocycles. The van der Waals surface area contributed by atoms with E-state index >= 15 is 0 Å². The highest BCUT2D eigenvalue weighted by Gasteiger charge is 2.33. The topological polar surface area (TPSA) is 106 Å². The van der Waals surface area contributed by atoms with Crippen LogP contribution in [0.15, 0.2) is 48.5 Å². The number of carbonyl (C=O) groups is 2. The van der Waals surface area contributed by atoms with Gasteiger partial charge in [-0.1, -0.05) is 66.5 Å². The second-order valence-electron chi connectivity index (χ2n) is 14.4. The van der Waals surface area contributed by atoms with Gasteiger partial charge in [0.1, 0.15) is 0 Å². The first-order valence-electron chi connectivity index (χ1n) is 17.0. The number of nitriles is 2. The van der Waals surface area contributed by atoms with Crippen LogP contribution in [0.1, 0.15) is 104 Å². The Morgan fingerprint density at radius 2 is 1.13 bits per heavy atom. The molecule has 6 atom stereocenters. The van der Waals surface area contributed by atoms with E-state index in [0.29, 0.717) is 60.3 Å². The summed E-state index contributed by atoms with van der Waals surface area (Å²) in [5, 5.41) is 23.5. The molecular weight excluding hydrogens is 556 g/mol. The Morgan fingerprint density at radius 1 is 0.711 bits per heavy atom. The van der Waals surface area contributed by atoms with Crippen LogP contribution in [0.2, 0.25) is 0 Å². The smallest absolute Gasteiger partial charge is 0.224 e. The summed E-state index contributed by atoms with van der Waals surface area (Å²) < 4.78 is 0. The molecule has 2 aromatic carbocycles. The zero-order chi connectivity index (χ0) is 32.9. The molecule has 2 fully saturated rings. The van der Waals surface area contributed by atoms with E-state index < -0.39 is 0 Å². The molecule has 2 aromatic rings. The number of nitrogens with zero attached hydrogens (tertiary/aromatic N) is 2. The molecule has 0 spiro atoms. The first kappa shape index (κ1) is 35.8. The van der Waals surface area contributed by atoms with Gasteiger partial charge < -0.3 is 10.6 Å². The van der Waals surface area contributed by atoms with Crippen LogP contribution >= 0.6 is 0 Å². The van der Waals surface area contributed by atoms with Crippen molar-refractivity contribution in [1.29, 1.82) is 10.5 Å². The predicted molar refractivity (Wildman–Crippen MR) is 183 cm³/mol. The average molecular weight is 611 g/mol. The Kier molecular flexibility index (Phi) is 14.1. The van der Waals surface area contributed by atoms with Gasteiger partial charge in [-0.05, 0) is 115 Å². The standard InChI is InChI=1S/C20H28N2O.C19H26N2O/c1-14(2)19-9-4-15(3)12-17(19)13-20(23)22-18-7-5-16(6-8-18)10-11-21;1-13(2)18-9-4-14(3)10-16(18)11-19(22)21-17-7-5-15(12-20)6-8-17/h5-8,14-15,17,19H,4,9-10,12-13H2,1-3H3,(H,22,23);5-8,13-14,16,18H,4,9-11H2,1-3H3,(H,21,22).